The molecule has 0 saturated carbocycles. The van der Waals surface area contributed by atoms with E-state index in [0.29, 0.717) is 0 Å². The van der Waals surface area contributed by atoms with Gasteiger partial charge in [0.2, 0.25) is 0 Å². The zero-order valence-electron chi connectivity index (χ0n) is 10.1. The van der Waals surface area contributed by atoms with Crippen molar-refractivity contribution >= 4 is 17.6 Å². The van der Waals surface area contributed by atoms with Crippen LogP contribution >= 0.6 is 11.6 Å². The molecule has 0 aliphatic rings. The van der Waals surface area contributed by atoms with Gasteiger partial charge < -0.3 is 9.84 Å². The van der Waals surface area contributed by atoms with Gasteiger partial charge in [0.15, 0.2) is 0 Å². The van der Waals surface area contributed by atoms with Gasteiger partial charge in [-0.3, -0.25) is 0 Å². The maximum Gasteiger partial charge on any atom is 0.335 e. The molecule has 1 N–H and O–H groups in total. The van der Waals surface area contributed by atoms with Crippen LogP contribution in [0.4, 0.5) is 8.78 Å². The average molecular weight is 299 g/mol. The summed E-state index contributed by atoms with van der Waals surface area (Å²) in [5, 5.41) is 8.98. The van der Waals surface area contributed by atoms with E-state index in [1.54, 1.807) is 0 Å². The lowest BCUT2D eigenvalue weighted by Gasteiger charge is -2.09. The summed E-state index contributed by atoms with van der Waals surface area (Å²) in [6, 6.07) is 7.20. The minimum absolute atomic E-state index is 0.0123. The lowest BCUT2D eigenvalue weighted by Crippen LogP contribution is -2.02. The standard InChI is InChI=1S/C14H9ClF2O3/c15-12-2-1-3-13(17)11(12)7-20-10-5-8(14(18)19)4-9(16)6-10/h1-6H,7H2,(H,18,19). The molecule has 6 heteroatoms. The van der Waals surface area contributed by atoms with Crippen molar-refractivity contribution < 1.29 is 23.4 Å². The molecule has 2 aromatic rings. The summed E-state index contributed by atoms with van der Waals surface area (Å²) in [4.78, 5) is 10.8. The molecule has 0 fully saturated rings. The number of hydrogen-bond acceptors (Lipinski definition) is 2. The Morgan fingerprint density at radius 1 is 1.25 bits per heavy atom. The summed E-state index contributed by atoms with van der Waals surface area (Å²) in [6.07, 6.45) is 0. The van der Waals surface area contributed by atoms with Gasteiger partial charge in [-0.05, 0) is 24.3 Å². The Morgan fingerprint density at radius 3 is 2.65 bits per heavy atom. The van der Waals surface area contributed by atoms with Gasteiger partial charge in [0, 0.05) is 11.6 Å². The van der Waals surface area contributed by atoms with Crippen LogP contribution in [-0.2, 0) is 6.61 Å². The van der Waals surface area contributed by atoms with Gasteiger partial charge >= 0.3 is 5.97 Å². The van der Waals surface area contributed by atoms with Crippen LogP contribution in [0.5, 0.6) is 5.75 Å². The van der Waals surface area contributed by atoms with Crippen LogP contribution in [0.2, 0.25) is 5.02 Å². The summed E-state index contributed by atoms with van der Waals surface area (Å²) >= 11 is 5.82. The van der Waals surface area contributed by atoms with E-state index in [0.717, 1.165) is 18.2 Å². The van der Waals surface area contributed by atoms with Gasteiger partial charge in [0.05, 0.1) is 10.6 Å². The van der Waals surface area contributed by atoms with Gasteiger partial charge in [-0.2, -0.15) is 0 Å². The van der Waals surface area contributed by atoms with Gasteiger partial charge in [-0.15, -0.1) is 0 Å². The van der Waals surface area contributed by atoms with Crippen molar-refractivity contribution in [2.75, 3.05) is 0 Å². The van der Waals surface area contributed by atoms with Crippen molar-refractivity contribution in [1.29, 1.82) is 0 Å². The normalized spacial score (nSPS) is 10.3. The Morgan fingerprint density at radius 2 is 2.00 bits per heavy atom. The van der Waals surface area contributed by atoms with Crippen molar-refractivity contribution in [1.82, 2.24) is 0 Å². The Hall–Kier alpha value is -2.14. The molecule has 0 amide bonds. The van der Waals surface area contributed by atoms with Crippen molar-refractivity contribution in [2.24, 2.45) is 0 Å². The van der Waals surface area contributed by atoms with Crippen molar-refractivity contribution in [3.63, 3.8) is 0 Å². The molecule has 0 unspecified atom stereocenters. The third-order valence-electron chi connectivity index (χ3n) is 2.56. The number of carbonyl (C=O) groups is 1. The quantitative estimate of drug-likeness (QED) is 0.931. The first kappa shape index (κ1) is 14.3. The number of rotatable bonds is 4. The van der Waals surface area contributed by atoms with E-state index in [2.05, 4.69) is 0 Å². The summed E-state index contributed by atoms with van der Waals surface area (Å²) < 4.78 is 31.9. The third kappa shape index (κ3) is 3.24. The van der Waals surface area contributed by atoms with Crippen LogP contribution in [0, 0.1) is 11.6 Å². The van der Waals surface area contributed by atoms with Crippen molar-refractivity contribution in [3.8, 4) is 5.75 Å². The molecule has 3 nitrogen and oxygen atoms in total. The number of carboxylic acid groups (broad SMARTS) is 1. The molecule has 0 spiro atoms. The molecule has 0 saturated heterocycles. The zero-order chi connectivity index (χ0) is 14.7. The summed E-state index contributed by atoms with van der Waals surface area (Å²) in [6.45, 7) is -0.228. The zero-order valence-corrected chi connectivity index (χ0v) is 10.8. The van der Waals surface area contributed by atoms with E-state index in [1.165, 1.54) is 18.2 Å². The number of benzene rings is 2. The summed E-state index contributed by atoms with van der Waals surface area (Å²) in [5.74, 6) is -2.59. The van der Waals surface area contributed by atoms with Crippen molar-refractivity contribution in [2.45, 2.75) is 6.61 Å². The van der Waals surface area contributed by atoms with Crippen LogP contribution in [0.1, 0.15) is 15.9 Å². The number of aromatic carboxylic acids is 1. The molecular formula is C14H9ClF2O3. The minimum Gasteiger partial charge on any atom is -0.489 e. The second-order valence-electron chi connectivity index (χ2n) is 3.97. The SMILES string of the molecule is O=C(O)c1cc(F)cc(OCc2c(F)cccc2Cl)c1. The number of ether oxygens (including phenoxy) is 1. The van der Waals surface area contributed by atoms with E-state index in [4.69, 9.17) is 21.4 Å². The molecule has 104 valence electrons. The molecule has 0 heterocycles. The topological polar surface area (TPSA) is 46.5 Å². The minimum atomic E-state index is -1.28. The summed E-state index contributed by atoms with van der Waals surface area (Å²) in [7, 11) is 0. The second kappa shape index (κ2) is 5.88. The largest absolute Gasteiger partial charge is 0.489 e. The summed E-state index contributed by atoms with van der Waals surface area (Å²) in [5.41, 5.74) is -0.130. The monoisotopic (exact) mass is 298 g/mol. The molecule has 0 radical (unpaired) electrons. The molecule has 0 bridgehead atoms. The Bertz CT molecular complexity index is 639. The van der Waals surface area contributed by atoms with Crippen LogP contribution in [0.3, 0.4) is 0 Å². The molecule has 0 aliphatic heterocycles. The maximum atomic E-state index is 13.5. The van der Waals surface area contributed by atoms with Crippen molar-refractivity contribution in [3.05, 3.63) is 64.2 Å². The Labute approximate surface area is 118 Å². The molecule has 0 atom stereocenters. The van der Waals surface area contributed by atoms with Crippen LogP contribution in [0.15, 0.2) is 36.4 Å². The fraction of sp³-hybridized carbons (Fsp3) is 0.0714. The number of carboxylic acids is 1. The highest BCUT2D eigenvalue weighted by atomic mass is 35.5. The highest BCUT2D eigenvalue weighted by Crippen LogP contribution is 2.22. The molecule has 2 aromatic carbocycles. The predicted molar refractivity (Wildman–Crippen MR) is 69.1 cm³/mol. The maximum absolute atomic E-state index is 13.5. The van der Waals surface area contributed by atoms with E-state index in [1.807, 2.05) is 0 Å². The van der Waals surface area contributed by atoms with Gasteiger partial charge in [-0.25, -0.2) is 13.6 Å². The number of hydrogen-bond donors (Lipinski definition) is 1. The van der Waals surface area contributed by atoms with E-state index >= 15 is 0 Å². The van der Waals surface area contributed by atoms with Gasteiger partial charge in [0.25, 0.3) is 0 Å². The van der Waals surface area contributed by atoms with Crippen LogP contribution < -0.4 is 4.74 Å². The highest BCUT2D eigenvalue weighted by molar-refractivity contribution is 6.31. The van der Waals surface area contributed by atoms with Crippen LogP contribution in [0.25, 0.3) is 0 Å². The molecule has 0 aromatic heterocycles. The first-order valence-electron chi connectivity index (χ1n) is 5.57. The van der Waals surface area contributed by atoms with Gasteiger partial charge in [-0.1, -0.05) is 17.7 Å². The molecule has 0 aliphatic carbocycles. The molecule has 2 rings (SSSR count). The second-order valence-corrected chi connectivity index (χ2v) is 4.38. The Balaban J connectivity index is 2.21. The fourth-order valence-corrected chi connectivity index (χ4v) is 1.81. The highest BCUT2D eigenvalue weighted by Gasteiger charge is 2.11. The van der Waals surface area contributed by atoms with Crippen LogP contribution in [-0.4, -0.2) is 11.1 Å². The van der Waals surface area contributed by atoms with E-state index in [-0.39, 0.29) is 28.5 Å². The lowest BCUT2D eigenvalue weighted by molar-refractivity contribution is 0.0695. The lowest BCUT2D eigenvalue weighted by atomic mass is 10.2. The van der Waals surface area contributed by atoms with E-state index < -0.39 is 17.6 Å². The Kier molecular flexibility index (Phi) is 4.20. The van der Waals surface area contributed by atoms with Gasteiger partial charge in [0.1, 0.15) is 24.0 Å². The molecular weight excluding hydrogens is 290 g/mol. The first-order valence-corrected chi connectivity index (χ1v) is 5.95. The average Bonchev–Trinajstić information content (AvgIpc) is 2.37. The fourth-order valence-electron chi connectivity index (χ4n) is 1.60. The van der Waals surface area contributed by atoms with E-state index in [9.17, 15) is 13.6 Å². The first-order chi connectivity index (χ1) is 9.47. The number of halogens is 3. The smallest absolute Gasteiger partial charge is 0.335 e. The predicted octanol–water partition coefficient (Wildman–Crippen LogP) is 3.90. The third-order valence-corrected chi connectivity index (χ3v) is 2.92. The molecule has 20 heavy (non-hydrogen) atoms.